The van der Waals surface area contributed by atoms with Crippen molar-refractivity contribution in [3.8, 4) is 0 Å². The van der Waals surface area contributed by atoms with Crippen LogP contribution in [0.4, 0.5) is 13.2 Å². The molecule has 0 saturated carbocycles. The Morgan fingerprint density at radius 3 is 2.17 bits per heavy atom. The SMILES string of the molecule is Cc1ccc2ccc(S(=O)(=O)C(F)(F)F)cc2c1. The normalized spacial score (nSPS) is 12.9. The third-order valence-corrected chi connectivity index (χ3v) is 4.07. The summed E-state index contributed by atoms with van der Waals surface area (Å²) in [6, 6.07) is 8.57. The van der Waals surface area contributed by atoms with Gasteiger partial charge in [0, 0.05) is 0 Å². The van der Waals surface area contributed by atoms with Crippen LogP contribution < -0.4 is 0 Å². The average Bonchev–Trinajstić information content (AvgIpc) is 2.26. The average molecular weight is 274 g/mol. The summed E-state index contributed by atoms with van der Waals surface area (Å²) in [6.45, 7) is 1.78. The van der Waals surface area contributed by atoms with E-state index in [1.165, 1.54) is 6.07 Å². The van der Waals surface area contributed by atoms with Crippen LogP contribution in [0, 0.1) is 6.92 Å². The largest absolute Gasteiger partial charge is 0.501 e. The molecule has 2 rings (SSSR count). The Bertz CT molecular complexity index is 703. The van der Waals surface area contributed by atoms with Crippen LogP contribution in [-0.2, 0) is 9.84 Å². The van der Waals surface area contributed by atoms with E-state index in [0.717, 1.165) is 17.7 Å². The molecule has 96 valence electrons. The molecule has 0 spiro atoms. The number of alkyl halides is 3. The van der Waals surface area contributed by atoms with Crippen LogP contribution in [0.25, 0.3) is 10.8 Å². The van der Waals surface area contributed by atoms with Gasteiger partial charge in [-0.05, 0) is 29.8 Å². The Hall–Kier alpha value is -1.56. The molecule has 0 aromatic heterocycles. The van der Waals surface area contributed by atoms with Gasteiger partial charge in [-0.15, -0.1) is 0 Å². The molecule has 6 heteroatoms. The Kier molecular flexibility index (Phi) is 2.85. The fraction of sp³-hybridized carbons (Fsp3) is 0.167. The second-order valence-electron chi connectivity index (χ2n) is 3.96. The van der Waals surface area contributed by atoms with E-state index in [9.17, 15) is 21.6 Å². The summed E-state index contributed by atoms with van der Waals surface area (Å²) in [5.74, 6) is 0. The van der Waals surface area contributed by atoms with Crippen molar-refractivity contribution >= 4 is 20.6 Å². The molecule has 0 fully saturated rings. The van der Waals surface area contributed by atoms with Crippen molar-refractivity contribution in [2.45, 2.75) is 17.3 Å². The van der Waals surface area contributed by atoms with Crippen molar-refractivity contribution in [3.05, 3.63) is 42.0 Å². The molecule has 0 unspecified atom stereocenters. The minimum Gasteiger partial charge on any atom is -0.214 e. The molecule has 0 saturated heterocycles. The maximum atomic E-state index is 12.4. The van der Waals surface area contributed by atoms with Gasteiger partial charge in [0.05, 0.1) is 4.90 Å². The molecule has 0 N–H and O–H groups in total. The summed E-state index contributed by atoms with van der Waals surface area (Å²) in [7, 11) is -5.28. The van der Waals surface area contributed by atoms with Crippen LogP contribution in [0.2, 0.25) is 0 Å². The van der Waals surface area contributed by atoms with E-state index in [-0.39, 0.29) is 0 Å². The van der Waals surface area contributed by atoms with Gasteiger partial charge in [0.1, 0.15) is 0 Å². The highest BCUT2D eigenvalue weighted by Gasteiger charge is 2.46. The lowest BCUT2D eigenvalue weighted by molar-refractivity contribution is -0.0435. The highest BCUT2D eigenvalue weighted by molar-refractivity contribution is 7.92. The van der Waals surface area contributed by atoms with Gasteiger partial charge in [0.15, 0.2) is 0 Å². The topological polar surface area (TPSA) is 34.1 Å². The summed E-state index contributed by atoms with van der Waals surface area (Å²) < 4.78 is 59.7. The van der Waals surface area contributed by atoms with Gasteiger partial charge in [-0.1, -0.05) is 29.8 Å². The van der Waals surface area contributed by atoms with E-state index in [0.29, 0.717) is 10.8 Å². The van der Waals surface area contributed by atoms with Gasteiger partial charge in [0.25, 0.3) is 9.84 Å². The molecule has 0 amide bonds. The quantitative estimate of drug-likeness (QED) is 0.798. The molecule has 0 aliphatic carbocycles. The first kappa shape index (κ1) is 12.9. The van der Waals surface area contributed by atoms with Crippen LogP contribution >= 0.6 is 0 Å². The molecule has 2 aromatic carbocycles. The summed E-state index contributed by atoms with van der Waals surface area (Å²) in [5.41, 5.74) is -4.42. The van der Waals surface area contributed by atoms with Gasteiger partial charge in [-0.3, -0.25) is 0 Å². The molecule has 0 bridgehead atoms. The molecule has 18 heavy (non-hydrogen) atoms. The first-order chi connectivity index (χ1) is 8.22. The number of rotatable bonds is 1. The number of benzene rings is 2. The highest BCUT2D eigenvalue weighted by atomic mass is 32.2. The summed E-state index contributed by atoms with van der Waals surface area (Å²) in [4.78, 5) is -0.729. The predicted molar refractivity (Wildman–Crippen MR) is 61.9 cm³/mol. The van der Waals surface area contributed by atoms with E-state index < -0.39 is 20.2 Å². The first-order valence-corrected chi connectivity index (χ1v) is 6.52. The lowest BCUT2D eigenvalue weighted by Gasteiger charge is -2.09. The van der Waals surface area contributed by atoms with Crippen LogP contribution in [-0.4, -0.2) is 13.9 Å². The molecule has 2 nitrogen and oxygen atoms in total. The first-order valence-electron chi connectivity index (χ1n) is 5.03. The van der Waals surface area contributed by atoms with Crippen molar-refractivity contribution in [2.75, 3.05) is 0 Å². The summed E-state index contributed by atoms with van der Waals surface area (Å²) in [5, 5.41) is 1.17. The van der Waals surface area contributed by atoms with Gasteiger partial charge < -0.3 is 0 Å². The maximum absolute atomic E-state index is 12.4. The molecule has 2 aromatic rings. The molecule has 0 radical (unpaired) electrons. The molecule has 0 aliphatic rings. The molecular formula is C12H9F3O2S. The number of hydrogen-bond acceptors (Lipinski definition) is 2. The van der Waals surface area contributed by atoms with E-state index in [2.05, 4.69) is 0 Å². The fourth-order valence-electron chi connectivity index (χ4n) is 1.65. The Labute approximate surface area is 102 Å². The zero-order valence-electron chi connectivity index (χ0n) is 9.32. The summed E-state index contributed by atoms with van der Waals surface area (Å²) in [6.07, 6.45) is 0. The predicted octanol–water partition coefficient (Wildman–Crippen LogP) is 3.44. The van der Waals surface area contributed by atoms with Gasteiger partial charge in [-0.2, -0.15) is 13.2 Å². The third-order valence-electron chi connectivity index (χ3n) is 2.58. The maximum Gasteiger partial charge on any atom is 0.501 e. The van der Waals surface area contributed by atoms with Gasteiger partial charge in [0.2, 0.25) is 0 Å². The van der Waals surface area contributed by atoms with Crippen molar-refractivity contribution < 1.29 is 21.6 Å². The summed E-state index contributed by atoms with van der Waals surface area (Å²) >= 11 is 0. The van der Waals surface area contributed by atoms with Crippen molar-refractivity contribution in [1.29, 1.82) is 0 Å². The zero-order chi connectivity index (χ0) is 13.6. The fourth-order valence-corrected chi connectivity index (χ4v) is 2.44. The number of fused-ring (bicyclic) bond motifs is 1. The van der Waals surface area contributed by atoms with E-state index in [1.807, 2.05) is 0 Å². The van der Waals surface area contributed by atoms with Gasteiger partial charge in [-0.25, -0.2) is 8.42 Å². The number of halogens is 3. The Balaban J connectivity index is 2.68. The lowest BCUT2D eigenvalue weighted by Crippen LogP contribution is -2.23. The number of hydrogen-bond donors (Lipinski definition) is 0. The zero-order valence-corrected chi connectivity index (χ0v) is 10.1. The van der Waals surface area contributed by atoms with Crippen molar-refractivity contribution in [2.24, 2.45) is 0 Å². The lowest BCUT2D eigenvalue weighted by atomic mass is 10.1. The van der Waals surface area contributed by atoms with Crippen molar-refractivity contribution in [1.82, 2.24) is 0 Å². The van der Waals surface area contributed by atoms with E-state index >= 15 is 0 Å². The van der Waals surface area contributed by atoms with E-state index in [1.54, 1.807) is 25.1 Å². The van der Waals surface area contributed by atoms with Crippen LogP contribution in [0.15, 0.2) is 41.3 Å². The van der Waals surface area contributed by atoms with Crippen LogP contribution in [0.5, 0.6) is 0 Å². The third kappa shape index (κ3) is 2.08. The molecular weight excluding hydrogens is 265 g/mol. The minimum atomic E-state index is -5.28. The smallest absolute Gasteiger partial charge is 0.214 e. The molecule has 0 atom stereocenters. The van der Waals surface area contributed by atoms with Gasteiger partial charge >= 0.3 is 5.51 Å². The molecule has 0 heterocycles. The second kappa shape index (κ2) is 3.98. The Morgan fingerprint density at radius 2 is 1.56 bits per heavy atom. The minimum absolute atomic E-state index is 0.473. The van der Waals surface area contributed by atoms with E-state index in [4.69, 9.17) is 0 Å². The van der Waals surface area contributed by atoms with Crippen LogP contribution in [0.3, 0.4) is 0 Å². The molecule has 0 aliphatic heterocycles. The number of sulfone groups is 1. The Morgan fingerprint density at radius 1 is 0.944 bits per heavy atom. The standard InChI is InChI=1S/C12H9F3O2S/c1-8-2-3-9-4-5-11(7-10(9)6-8)18(16,17)12(13,14)15/h2-7H,1H3. The van der Waals surface area contributed by atoms with Crippen LogP contribution in [0.1, 0.15) is 5.56 Å². The monoisotopic (exact) mass is 274 g/mol. The highest BCUT2D eigenvalue weighted by Crippen LogP contribution is 2.31. The second-order valence-corrected chi connectivity index (χ2v) is 5.90. The number of aryl methyl sites for hydroxylation is 1. The van der Waals surface area contributed by atoms with Crippen molar-refractivity contribution in [3.63, 3.8) is 0 Å².